The highest BCUT2D eigenvalue weighted by Crippen LogP contribution is 2.18. The first-order chi connectivity index (χ1) is 6.60. The molecule has 0 aromatic heterocycles. The van der Waals surface area contributed by atoms with Gasteiger partial charge >= 0.3 is 5.97 Å². The Bertz CT molecular complexity index is 171. The van der Waals surface area contributed by atoms with Gasteiger partial charge in [0.15, 0.2) is 0 Å². The first kappa shape index (κ1) is 13.4. The summed E-state index contributed by atoms with van der Waals surface area (Å²) >= 11 is 0. The molecule has 84 valence electrons. The van der Waals surface area contributed by atoms with E-state index in [1.165, 1.54) is 20.0 Å². The van der Waals surface area contributed by atoms with E-state index in [4.69, 9.17) is 10.5 Å². The van der Waals surface area contributed by atoms with Crippen molar-refractivity contribution in [1.82, 2.24) is 0 Å². The number of nitrogens with two attached hydrogens (primary N) is 1. The van der Waals surface area contributed by atoms with Crippen LogP contribution in [-0.2, 0) is 9.53 Å². The number of unbranched alkanes of at least 4 members (excludes halogenated alkanes) is 3. The van der Waals surface area contributed by atoms with Crippen molar-refractivity contribution >= 4 is 5.97 Å². The summed E-state index contributed by atoms with van der Waals surface area (Å²) in [6.07, 6.45) is 5.94. The average molecular weight is 201 g/mol. The number of hydrogen-bond acceptors (Lipinski definition) is 3. The van der Waals surface area contributed by atoms with E-state index >= 15 is 0 Å². The minimum absolute atomic E-state index is 0.281. The van der Waals surface area contributed by atoms with Crippen molar-refractivity contribution < 1.29 is 9.53 Å². The summed E-state index contributed by atoms with van der Waals surface area (Å²) in [7, 11) is 1.39. The van der Waals surface area contributed by atoms with E-state index in [-0.39, 0.29) is 5.97 Å². The van der Waals surface area contributed by atoms with Crippen LogP contribution in [0.3, 0.4) is 0 Å². The Kier molecular flexibility index (Phi) is 6.54. The van der Waals surface area contributed by atoms with E-state index < -0.39 is 5.54 Å². The second-order valence-corrected chi connectivity index (χ2v) is 3.81. The minimum atomic E-state index is -0.761. The summed E-state index contributed by atoms with van der Waals surface area (Å²) in [6, 6.07) is 0. The molecular weight excluding hydrogens is 178 g/mol. The third kappa shape index (κ3) is 4.09. The van der Waals surface area contributed by atoms with E-state index in [2.05, 4.69) is 6.92 Å². The molecule has 0 amide bonds. The lowest BCUT2D eigenvalue weighted by Gasteiger charge is -2.24. The number of rotatable bonds is 7. The molecule has 2 N–H and O–H groups in total. The summed E-state index contributed by atoms with van der Waals surface area (Å²) in [5.74, 6) is -0.281. The van der Waals surface area contributed by atoms with Crippen LogP contribution >= 0.6 is 0 Å². The molecule has 0 radical (unpaired) electrons. The molecule has 0 saturated carbocycles. The van der Waals surface area contributed by atoms with Gasteiger partial charge in [0, 0.05) is 0 Å². The maximum Gasteiger partial charge on any atom is 0.325 e. The standard InChI is InChI=1S/C11H23NO2/c1-4-6-7-8-9-11(12,5-2)10(13)14-3/h4-9,12H2,1-3H3. The molecule has 0 aromatic carbocycles. The fraction of sp³-hybridized carbons (Fsp3) is 0.909. The number of ether oxygens (including phenoxy) is 1. The second-order valence-electron chi connectivity index (χ2n) is 3.81. The number of hydrogen-bond donors (Lipinski definition) is 1. The molecule has 14 heavy (non-hydrogen) atoms. The van der Waals surface area contributed by atoms with Gasteiger partial charge in [0.2, 0.25) is 0 Å². The van der Waals surface area contributed by atoms with Crippen LogP contribution in [0, 0.1) is 0 Å². The van der Waals surface area contributed by atoms with E-state index in [0.717, 1.165) is 19.3 Å². The van der Waals surface area contributed by atoms with Gasteiger partial charge in [0.25, 0.3) is 0 Å². The second kappa shape index (κ2) is 6.82. The molecule has 1 unspecified atom stereocenters. The molecular formula is C11H23NO2. The lowest BCUT2D eigenvalue weighted by molar-refractivity contribution is -0.147. The zero-order valence-corrected chi connectivity index (χ0v) is 9.64. The van der Waals surface area contributed by atoms with Gasteiger partial charge in [0.1, 0.15) is 5.54 Å². The van der Waals surface area contributed by atoms with Crippen molar-refractivity contribution in [3.63, 3.8) is 0 Å². The quantitative estimate of drug-likeness (QED) is 0.507. The third-order valence-corrected chi connectivity index (χ3v) is 2.70. The third-order valence-electron chi connectivity index (χ3n) is 2.70. The Morgan fingerprint density at radius 1 is 1.29 bits per heavy atom. The van der Waals surface area contributed by atoms with Gasteiger partial charge in [-0.2, -0.15) is 0 Å². The fourth-order valence-corrected chi connectivity index (χ4v) is 1.49. The molecule has 3 nitrogen and oxygen atoms in total. The smallest absolute Gasteiger partial charge is 0.325 e. The first-order valence-corrected chi connectivity index (χ1v) is 5.48. The maximum atomic E-state index is 11.4. The van der Waals surface area contributed by atoms with Crippen molar-refractivity contribution in [2.75, 3.05) is 7.11 Å². The van der Waals surface area contributed by atoms with Crippen molar-refractivity contribution in [1.29, 1.82) is 0 Å². The highest BCUT2D eigenvalue weighted by molar-refractivity contribution is 5.80. The average Bonchev–Trinajstić information content (AvgIpc) is 2.22. The molecule has 1 atom stereocenters. The number of carbonyl (C=O) groups excluding carboxylic acids is 1. The Labute approximate surface area is 87.0 Å². The van der Waals surface area contributed by atoms with E-state index in [0.29, 0.717) is 6.42 Å². The Morgan fingerprint density at radius 2 is 1.93 bits per heavy atom. The number of methoxy groups -OCH3 is 1. The van der Waals surface area contributed by atoms with Crippen LogP contribution in [0.4, 0.5) is 0 Å². The SMILES string of the molecule is CCCCCCC(N)(CC)C(=O)OC. The van der Waals surface area contributed by atoms with Crippen LogP contribution in [0.1, 0.15) is 52.4 Å². The van der Waals surface area contributed by atoms with Crippen LogP contribution < -0.4 is 5.73 Å². The molecule has 0 aliphatic carbocycles. The summed E-state index contributed by atoms with van der Waals surface area (Å²) in [5, 5.41) is 0. The number of esters is 1. The summed E-state index contributed by atoms with van der Waals surface area (Å²) in [6.45, 7) is 4.09. The summed E-state index contributed by atoms with van der Waals surface area (Å²) < 4.78 is 4.70. The monoisotopic (exact) mass is 201 g/mol. The predicted octanol–water partition coefficient (Wildman–Crippen LogP) is 2.24. The zero-order valence-electron chi connectivity index (χ0n) is 9.64. The van der Waals surface area contributed by atoms with Crippen molar-refractivity contribution in [2.24, 2.45) is 5.73 Å². The topological polar surface area (TPSA) is 52.3 Å². The fourth-order valence-electron chi connectivity index (χ4n) is 1.49. The van der Waals surface area contributed by atoms with Crippen LogP contribution in [0.25, 0.3) is 0 Å². The molecule has 0 heterocycles. The van der Waals surface area contributed by atoms with Crippen LogP contribution in [0.15, 0.2) is 0 Å². The van der Waals surface area contributed by atoms with Crippen molar-refractivity contribution in [3.8, 4) is 0 Å². The molecule has 0 aliphatic rings. The van der Waals surface area contributed by atoms with Gasteiger partial charge in [-0.05, 0) is 12.8 Å². The zero-order chi connectivity index (χ0) is 11.0. The minimum Gasteiger partial charge on any atom is -0.468 e. The van der Waals surface area contributed by atoms with Gasteiger partial charge in [-0.15, -0.1) is 0 Å². The largest absolute Gasteiger partial charge is 0.468 e. The van der Waals surface area contributed by atoms with Crippen LogP contribution in [0.5, 0.6) is 0 Å². The van der Waals surface area contributed by atoms with E-state index in [1.54, 1.807) is 0 Å². The normalized spacial score (nSPS) is 14.9. The van der Waals surface area contributed by atoms with Gasteiger partial charge in [-0.3, -0.25) is 4.79 Å². The highest BCUT2D eigenvalue weighted by atomic mass is 16.5. The van der Waals surface area contributed by atoms with Gasteiger partial charge in [-0.1, -0.05) is 39.5 Å². The first-order valence-electron chi connectivity index (χ1n) is 5.48. The molecule has 0 spiro atoms. The van der Waals surface area contributed by atoms with Crippen molar-refractivity contribution in [3.05, 3.63) is 0 Å². The Morgan fingerprint density at radius 3 is 2.36 bits per heavy atom. The lowest BCUT2D eigenvalue weighted by atomic mass is 9.90. The highest BCUT2D eigenvalue weighted by Gasteiger charge is 2.32. The van der Waals surface area contributed by atoms with Gasteiger partial charge < -0.3 is 10.5 Å². The molecule has 0 fully saturated rings. The lowest BCUT2D eigenvalue weighted by Crippen LogP contribution is -2.48. The van der Waals surface area contributed by atoms with Crippen LogP contribution in [0.2, 0.25) is 0 Å². The molecule has 0 rings (SSSR count). The summed E-state index contributed by atoms with van der Waals surface area (Å²) in [4.78, 5) is 11.4. The maximum absolute atomic E-state index is 11.4. The van der Waals surface area contributed by atoms with Gasteiger partial charge in [-0.25, -0.2) is 0 Å². The predicted molar refractivity (Wildman–Crippen MR) is 58.0 cm³/mol. The van der Waals surface area contributed by atoms with E-state index in [1.807, 2.05) is 6.92 Å². The molecule has 0 saturated heterocycles. The Balaban J connectivity index is 3.93. The van der Waals surface area contributed by atoms with Crippen LogP contribution in [-0.4, -0.2) is 18.6 Å². The number of carbonyl (C=O) groups is 1. The Hall–Kier alpha value is -0.570. The summed E-state index contributed by atoms with van der Waals surface area (Å²) in [5.41, 5.74) is 5.20. The van der Waals surface area contributed by atoms with Crippen molar-refractivity contribution in [2.45, 2.75) is 57.9 Å². The van der Waals surface area contributed by atoms with E-state index in [9.17, 15) is 4.79 Å². The molecule has 0 bridgehead atoms. The van der Waals surface area contributed by atoms with Gasteiger partial charge in [0.05, 0.1) is 7.11 Å². The molecule has 0 aliphatic heterocycles. The molecule has 3 heteroatoms. The molecule has 0 aromatic rings.